The van der Waals surface area contributed by atoms with E-state index < -0.39 is 5.60 Å². The molecule has 2 atom stereocenters. The van der Waals surface area contributed by atoms with Gasteiger partial charge in [0.25, 0.3) is 0 Å². The standard InChI is InChI=1S/C13H28N2O/c1-12(2)8-6-7-11(12)14-9-13(3,16)10-15(4)5/h11,14,16H,6-10H2,1-5H3/t11-,13+/m0/s1. The molecule has 0 heterocycles. The molecule has 3 nitrogen and oxygen atoms in total. The number of rotatable bonds is 5. The monoisotopic (exact) mass is 228 g/mol. The molecule has 0 aromatic rings. The van der Waals surface area contributed by atoms with Gasteiger partial charge in [-0.3, -0.25) is 0 Å². The van der Waals surface area contributed by atoms with Crippen LogP contribution < -0.4 is 5.32 Å². The van der Waals surface area contributed by atoms with Gasteiger partial charge in [-0.25, -0.2) is 0 Å². The minimum absolute atomic E-state index is 0.383. The lowest BCUT2D eigenvalue weighted by molar-refractivity contribution is 0.0282. The normalized spacial score (nSPS) is 28.3. The molecule has 1 fully saturated rings. The van der Waals surface area contributed by atoms with Crippen molar-refractivity contribution in [1.29, 1.82) is 0 Å². The van der Waals surface area contributed by atoms with Gasteiger partial charge >= 0.3 is 0 Å². The Morgan fingerprint density at radius 2 is 2.06 bits per heavy atom. The summed E-state index contributed by atoms with van der Waals surface area (Å²) < 4.78 is 0. The maximum Gasteiger partial charge on any atom is 0.0869 e. The smallest absolute Gasteiger partial charge is 0.0869 e. The van der Waals surface area contributed by atoms with Gasteiger partial charge < -0.3 is 15.3 Å². The fourth-order valence-electron chi connectivity index (χ4n) is 2.79. The Bertz CT molecular complexity index is 224. The van der Waals surface area contributed by atoms with E-state index in [1.54, 1.807) is 0 Å². The topological polar surface area (TPSA) is 35.5 Å². The molecular formula is C13H28N2O. The Morgan fingerprint density at radius 1 is 1.44 bits per heavy atom. The van der Waals surface area contributed by atoms with Gasteiger partial charge in [0.1, 0.15) is 0 Å². The third-order valence-electron chi connectivity index (χ3n) is 3.64. The zero-order valence-corrected chi connectivity index (χ0v) is 11.5. The summed E-state index contributed by atoms with van der Waals surface area (Å²) in [6, 6.07) is 0.557. The van der Waals surface area contributed by atoms with Crippen molar-refractivity contribution in [2.45, 2.75) is 51.7 Å². The van der Waals surface area contributed by atoms with Gasteiger partial charge in [-0.1, -0.05) is 20.3 Å². The van der Waals surface area contributed by atoms with E-state index in [9.17, 15) is 5.11 Å². The number of hydrogen-bond donors (Lipinski definition) is 2. The van der Waals surface area contributed by atoms with Gasteiger partial charge in [-0.2, -0.15) is 0 Å². The van der Waals surface area contributed by atoms with Crippen LogP contribution in [-0.2, 0) is 0 Å². The highest BCUT2D eigenvalue weighted by atomic mass is 16.3. The van der Waals surface area contributed by atoms with Gasteiger partial charge in [0.2, 0.25) is 0 Å². The molecule has 1 rings (SSSR count). The highest BCUT2D eigenvalue weighted by Crippen LogP contribution is 2.37. The van der Waals surface area contributed by atoms with E-state index in [-0.39, 0.29) is 0 Å². The van der Waals surface area contributed by atoms with Crippen molar-refractivity contribution in [2.24, 2.45) is 5.41 Å². The Morgan fingerprint density at radius 3 is 2.50 bits per heavy atom. The van der Waals surface area contributed by atoms with Crippen LogP contribution in [0.3, 0.4) is 0 Å². The molecule has 0 aliphatic heterocycles. The summed E-state index contributed by atoms with van der Waals surface area (Å²) in [6.07, 6.45) is 3.84. The lowest BCUT2D eigenvalue weighted by atomic mass is 9.87. The zero-order chi connectivity index (χ0) is 12.4. The number of aliphatic hydroxyl groups is 1. The van der Waals surface area contributed by atoms with E-state index in [4.69, 9.17) is 0 Å². The molecule has 0 bridgehead atoms. The molecule has 1 aliphatic carbocycles. The SMILES string of the molecule is CN(C)C[C@](C)(O)CN[C@H]1CCCC1(C)C. The first-order valence-corrected chi connectivity index (χ1v) is 6.33. The van der Waals surface area contributed by atoms with Crippen molar-refractivity contribution >= 4 is 0 Å². The Hall–Kier alpha value is -0.120. The van der Waals surface area contributed by atoms with E-state index in [0.717, 1.165) is 0 Å². The minimum atomic E-state index is -0.637. The Labute approximate surface area is 100 Å². The zero-order valence-electron chi connectivity index (χ0n) is 11.5. The lowest BCUT2D eigenvalue weighted by Crippen LogP contribution is -2.50. The largest absolute Gasteiger partial charge is 0.388 e. The van der Waals surface area contributed by atoms with Crippen LogP contribution in [0.4, 0.5) is 0 Å². The highest BCUT2D eigenvalue weighted by molar-refractivity contribution is 4.92. The predicted molar refractivity (Wildman–Crippen MR) is 68.6 cm³/mol. The summed E-state index contributed by atoms with van der Waals surface area (Å²) in [4.78, 5) is 2.03. The number of nitrogens with one attached hydrogen (secondary N) is 1. The molecule has 2 N–H and O–H groups in total. The van der Waals surface area contributed by atoms with Crippen LogP contribution in [0.25, 0.3) is 0 Å². The fraction of sp³-hybridized carbons (Fsp3) is 1.00. The quantitative estimate of drug-likeness (QED) is 0.748. The molecule has 1 aliphatic rings. The second-order valence-electron chi connectivity index (χ2n) is 6.55. The number of nitrogens with zero attached hydrogens (tertiary/aromatic N) is 1. The van der Waals surface area contributed by atoms with Gasteiger partial charge in [0.05, 0.1) is 5.60 Å². The Balaban J connectivity index is 2.39. The summed E-state index contributed by atoms with van der Waals surface area (Å²) in [5.74, 6) is 0. The summed E-state index contributed by atoms with van der Waals surface area (Å²) >= 11 is 0. The van der Waals surface area contributed by atoms with Crippen molar-refractivity contribution in [2.75, 3.05) is 27.2 Å². The predicted octanol–water partition coefficient (Wildman–Crippen LogP) is 1.47. The minimum Gasteiger partial charge on any atom is -0.388 e. The number of likely N-dealkylation sites (N-methyl/N-ethyl adjacent to an activating group) is 1. The first kappa shape index (κ1) is 13.9. The lowest BCUT2D eigenvalue weighted by Gasteiger charge is -2.33. The van der Waals surface area contributed by atoms with Crippen LogP contribution in [0, 0.1) is 5.41 Å². The Kier molecular flexibility index (Phi) is 4.38. The maximum absolute atomic E-state index is 10.2. The van der Waals surface area contributed by atoms with E-state index in [1.165, 1.54) is 19.3 Å². The van der Waals surface area contributed by atoms with Gasteiger partial charge in [0.15, 0.2) is 0 Å². The summed E-state index contributed by atoms with van der Waals surface area (Å²) in [7, 11) is 3.99. The molecular weight excluding hydrogens is 200 g/mol. The van der Waals surface area contributed by atoms with Gasteiger partial charge in [-0.15, -0.1) is 0 Å². The molecule has 1 saturated carbocycles. The molecule has 0 saturated heterocycles. The van der Waals surface area contributed by atoms with E-state index in [0.29, 0.717) is 24.5 Å². The first-order valence-electron chi connectivity index (χ1n) is 6.33. The van der Waals surface area contributed by atoms with Crippen molar-refractivity contribution in [3.8, 4) is 0 Å². The molecule has 0 radical (unpaired) electrons. The molecule has 96 valence electrons. The second-order valence-corrected chi connectivity index (χ2v) is 6.55. The van der Waals surface area contributed by atoms with Crippen LogP contribution in [0.5, 0.6) is 0 Å². The average molecular weight is 228 g/mol. The third-order valence-corrected chi connectivity index (χ3v) is 3.64. The van der Waals surface area contributed by atoms with Crippen molar-refractivity contribution in [1.82, 2.24) is 10.2 Å². The van der Waals surface area contributed by atoms with E-state index in [1.807, 2.05) is 25.9 Å². The van der Waals surface area contributed by atoms with Crippen molar-refractivity contribution in [3.05, 3.63) is 0 Å². The summed E-state index contributed by atoms with van der Waals surface area (Å²) in [6.45, 7) is 7.92. The maximum atomic E-state index is 10.2. The fourth-order valence-corrected chi connectivity index (χ4v) is 2.79. The van der Waals surface area contributed by atoms with Gasteiger partial charge in [0, 0.05) is 19.1 Å². The summed E-state index contributed by atoms with van der Waals surface area (Å²) in [5.41, 5.74) is -0.254. The molecule has 3 heteroatoms. The van der Waals surface area contributed by atoms with Crippen LogP contribution in [0.1, 0.15) is 40.0 Å². The first-order chi connectivity index (χ1) is 7.23. The van der Waals surface area contributed by atoms with Crippen molar-refractivity contribution < 1.29 is 5.11 Å². The van der Waals surface area contributed by atoms with Crippen molar-refractivity contribution in [3.63, 3.8) is 0 Å². The van der Waals surface area contributed by atoms with Crippen LogP contribution in [0.15, 0.2) is 0 Å². The van der Waals surface area contributed by atoms with Crippen LogP contribution >= 0.6 is 0 Å². The molecule has 16 heavy (non-hydrogen) atoms. The molecule has 0 amide bonds. The molecule has 0 aromatic heterocycles. The molecule has 0 spiro atoms. The van der Waals surface area contributed by atoms with Crippen LogP contribution in [0.2, 0.25) is 0 Å². The average Bonchev–Trinajstić information content (AvgIpc) is 2.39. The highest BCUT2D eigenvalue weighted by Gasteiger charge is 2.35. The van der Waals surface area contributed by atoms with Gasteiger partial charge in [-0.05, 0) is 39.3 Å². The van der Waals surface area contributed by atoms with E-state index >= 15 is 0 Å². The van der Waals surface area contributed by atoms with E-state index in [2.05, 4.69) is 19.2 Å². The van der Waals surface area contributed by atoms with Crippen LogP contribution in [-0.4, -0.2) is 48.8 Å². The molecule has 0 aromatic carbocycles. The third kappa shape index (κ3) is 4.04. The second kappa shape index (κ2) is 5.03. The number of hydrogen-bond acceptors (Lipinski definition) is 3. The summed E-state index contributed by atoms with van der Waals surface area (Å²) in [5, 5.41) is 13.8. The molecule has 0 unspecified atom stereocenters.